The third-order valence-corrected chi connectivity index (χ3v) is 2.30. The van der Waals surface area contributed by atoms with E-state index in [-0.39, 0.29) is 12.4 Å². The Kier molecular flexibility index (Phi) is 4.25. The van der Waals surface area contributed by atoms with E-state index >= 15 is 0 Å². The van der Waals surface area contributed by atoms with Crippen LogP contribution >= 0.6 is 0 Å². The highest BCUT2D eigenvalue weighted by atomic mass is 16.6. The Balaban J connectivity index is 2.74. The highest BCUT2D eigenvalue weighted by Crippen LogP contribution is 2.18. The molecule has 17 heavy (non-hydrogen) atoms. The van der Waals surface area contributed by atoms with Crippen LogP contribution in [-0.2, 0) is 9.53 Å². The Morgan fingerprint density at radius 2 is 2.18 bits per heavy atom. The Hall–Kier alpha value is -1.40. The van der Waals surface area contributed by atoms with E-state index < -0.39 is 11.4 Å². The van der Waals surface area contributed by atoms with Gasteiger partial charge in [0.1, 0.15) is 0 Å². The van der Waals surface area contributed by atoms with Gasteiger partial charge in [0.15, 0.2) is 0 Å². The summed E-state index contributed by atoms with van der Waals surface area (Å²) in [5.41, 5.74) is -0.178. The number of hydroxylamine groups is 2. The van der Waals surface area contributed by atoms with Crippen molar-refractivity contribution in [1.82, 2.24) is 5.06 Å². The average molecular weight is 242 g/mol. The maximum absolute atomic E-state index is 11.6. The lowest BCUT2D eigenvalue weighted by Crippen LogP contribution is -2.33. The highest BCUT2D eigenvalue weighted by molar-refractivity contribution is 6.01. The smallest absolute Gasteiger partial charge is 0.318 e. The summed E-state index contributed by atoms with van der Waals surface area (Å²) in [6.45, 7) is 5.81. The summed E-state index contributed by atoms with van der Waals surface area (Å²) >= 11 is 0. The first-order valence-electron chi connectivity index (χ1n) is 5.42. The number of carbonyl (C=O) groups is 1. The van der Waals surface area contributed by atoms with Crippen molar-refractivity contribution >= 4 is 11.9 Å². The third-order valence-electron chi connectivity index (χ3n) is 2.30. The van der Waals surface area contributed by atoms with Crippen molar-refractivity contribution in [2.75, 3.05) is 13.1 Å². The fraction of sp³-hybridized carbons (Fsp3) is 0.636. The molecule has 0 amide bonds. The van der Waals surface area contributed by atoms with E-state index in [9.17, 15) is 10.0 Å². The minimum atomic E-state index is -0.677. The lowest BCUT2D eigenvalue weighted by Gasteiger charge is -2.22. The van der Waals surface area contributed by atoms with E-state index in [1.54, 1.807) is 26.8 Å². The van der Waals surface area contributed by atoms with Gasteiger partial charge in [0, 0.05) is 12.1 Å². The van der Waals surface area contributed by atoms with Gasteiger partial charge in [-0.1, -0.05) is 6.08 Å². The van der Waals surface area contributed by atoms with Crippen molar-refractivity contribution in [3.63, 3.8) is 0 Å². The van der Waals surface area contributed by atoms with Crippen LogP contribution in [0.15, 0.2) is 16.8 Å². The number of rotatable bonds is 1. The Morgan fingerprint density at radius 3 is 2.65 bits per heavy atom. The average Bonchev–Trinajstić information content (AvgIpc) is 2.24. The van der Waals surface area contributed by atoms with Crippen LogP contribution in [0, 0.1) is 5.41 Å². The van der Waals surface area contributed by atoms with Gasteiger partial charge >= 0.3 is 5.97 Å². The number of carbonyl (C=O) groups excluding carboxylic acids is 1. The molecule has 6 heteroatoms. The Bertz CT molecular complexity index is 355. The molecular formula is C11H18N2O4. The summed E-state index contributed by atoms with van der Waals surface area (Å²) in [5.74, 6) is -0.634. The Morgan fingerprint density at radius 1 is 1.53 bits per heavy atom. The van der Waals surface area contributed by atoms with Gasteiger partial charge in [-0.15, -0.1) is 0 Å². The predicted octanol–water partition coefficient (Wildman–Crippen LogP) is 1.38. The van der Waals surface area contributed by atoms with Gasteiger partial charge in [-0.25, -0.2) is 0 Å². The topological polar surface area (TPSA) is 82.4 Å². The minimum Gasteiger partial charge on any atom is -0.408 e. The fourth-order valence-corrected chi connectivity index (χ4v) is 1.27. The quantitative estimate of drug-likeness (QED) is 0.239. The molecular weight excluding hydrogens is 224 g/mol. The zero-order valence-electron chi connectivity index (χ0n) is 10.3. The zero-order valence-corrected chi connectivity index (χ0v) is 10.3. The summed E-state index contributed by atoms with van der Waals surface area (Å²) < 4.78 is 5.01. The summed E-state index contributed by atoms with van der Waals surface area (Å²) in [5, 5.41) is 22.2. The molecule has 0 aromatic rings. The van der Waals surface area contributed by atoms with Gasteiger partial charge in [0.05, 0.1) is 12.0 Å². The molecule has 0 aromatic carbocycles. The standard InChI is InChI=1S/C11H18N2O4/c1-11(2,3)10(14)17-9(12-15)8-5-4-6-13(16)7-8/h5,15-16H,4,6-7H2,1-3H3/b12-9+. The molecule has 1 aliphatic rings. The van der Waals surface area contributed by atoms with Crippen LogP contribution in [0.4, 0.5) is 0 Å². The highest BCUT2D eigenvalue weighted by Gasteiger charge is 2.27. The van der Waals surface area contributed by atoms with Crippen molar-refractivity contribution in [2.24, 2.45) is 10.6 Å². The van der Waals surface area contributed by atoms with E-state index in [1.807, 2.05) is 0 Å². The van der Waals surface area contributed by atoms with Gasteiger partial charge in [0.25, 0.3) is 5.90 Å². The Labute approximate surface area is 100 Å². The second-order valence-corrected chi connectivity index (χ2v) is 4.95. The summed E-state index contributed by atoms with van der Waals surface area (Å²) in [7, 11) is 0. The van der Waals surface area contributed by atoms with Crippen LogP contribution in [-0.4, -0.2) is 40.4 Å². The SMILES string of the molecule is CC(C)(C)C(=O)O/C(=N/O)C1=CCCN(O)C1. The molecule has 0 radical (unpaired) electrons. The molecule has 0 spiro atoms. The van der Waals surface area contributed by atoms with Crippen molar-refractivity contribution in [3.8, 4) is 0 Å². The molecule has 2 N–H and O–H groups in total. The predicted molar refractivity (Wildman–Crippen MR) is 60.8 cm³/mol. The van der Waals surface area contributed by atoms with Crippen LogP contribution in [0.2, 0.25) is 0 Å². The molecule has 1 heterocycles. The molecule has 0 fully saturated rings. The second-order valence-electron chi connectivity index (χ2n) is 4.95. The monoisotopic (exact) mass is 242 g/mol. The number of nitrogens with zero attached hydrogens (tertiary/aromatic N) is 2. The van der Waals surface area contributed by atoms with Gasteiger partial charge in [-0.3, -0.25) is 4.79 Å². The molecule has 0 aromatic heterocycles. The first-order chi connectivity index (χ1) is 7.84. The molecule has 0 atom stereocenters. The molecule has 1 aliphatic heterocycles. The molecule has 0 aliphatic carbocycles. The third kappa shape index (κ3) is 3.83. The molecule has 96 valence electrons. The van der Waals surface area contributed by atoms with E-state index in [1.165, 1.54) is 0 Å². The molecule has 0 saturated carbocycles. The molecule has 0 unspecified atom stereocenters. The van der Waals surface area contributed by atoms with E-state index in [2.05, 4.69) is 5.16 Å². The lowest BCUT2D eigenvalue weighted by atomic mass is 9.97. The molecule has 6 nitrogen and oxygen atoms in total. The summed E-state index contributed by atoms with van der Waals surface area (Å²) in [6.07, 6.45) is 2.38. The van der Waals surface area contributed by atoms with Crippen LogP contribution < -0.4 is 0 Å². The van der Waals surface area contributed by atoms with Gasteiger partial charge in [-0.05, 0) is 32.3 Å². The fourth-order valence-electron chi connectivity index (χ4n) is 1.27. The molecule has 1 rings (SSSR count). The maximum atomic E-state index is 11.6. The van der Waals surface area contributed by atoms with Crippen LogP contribution in [0.3, 0.4) is 0 Å². The first kappa shape index (κ1) is 13.7. The number of hydrogen-bond donors (Lipinski definition) is 2. The van der Waals surface area contributed by atoms with Gasteiger partial charge < -0.3 is 15.2 Å². The summed E-state index contributed by atoms with van der Waals surface area (Å²) in [6, 6.07) is 0. The minimum absolute atomic E-state index is 0.149. The largest absolute Gasteiger partial charge is 0.408 e. The van der Waals surface area contributed by atoms with E-state index in [0.717, 1.165) is 5.06 Å². The van der Waals surface area contributed by atoms with Crippen molar-refractivity contribution < 1.29 is 19.9 Å². The van der Waals surface area contributed by atoms with E-state index in [0.29, 0.717) is 18.5 Å². The number of oxime groups is 1. The maximum Gasteiger partial charge on any atom is 0.318 e. The van der Waals surface area contributed by atoms with Crippen molar-refractivity contribution in [2.45, 2.75) is 27.2 Å². The van der Waals surface area contributed by atoms with Gasteiger partial charge in [-0.2, -0.15) is 5.06 Å². The number of ether oxygens (including phenoxy) is 1. The van der Waals surface area contributed by atoms with Crippen molar-refractivity contribution in [1.29, 1.82) is 0 Å². The number of esters is 1. The van der Waals surface area contributed by atoms with Crippen LogP contribution in [0.5, 0.6) is 0 Å². The normalized spacial score (nSPS) is 18.8. The number of hydrogen-bond acceptors (Lipinski definition) is 6. The van der Waals surface area contributed by atoms with Crippen LogP contribution in [0.1, 0.15) is 27.2 Å². The van der Waals surface area contributed by atoms with Crippen molar-refractivity contribution in [3.05, 3.63) is 11.6 Å². The second kappa shape index (κ2) is 5.29. The first-order valence-corrected chi connectivity index (χ1v) is 5.42. The summed E-state index contributed by atoms with van der Waals surface area (Å²) in [4.78, 5) is 11.6. The van der Waals surface area contributed by atoms with Crippen LogP contribution in [0.25, 0.3) is 0 Å². The molecule has 0 bridgehead atoms. The lowest BCUT2D eigenvalue weighted by molar-refractivity contribution is -0.144. The molecule has 0 saturated heterocycles. The van der Waals surface area contributed by atoms with E-state index in [4.69, 9.17) is 9.94 Å². The zero-order chi connectivity index (χ0) is 13.1. The van der Waals surface area contributed by atoms with Gasteiger partial charge in [0.2, 0.25) is 0 Å².